The highest BCUT2D eigenvalue weighted by molar-refractivity contribution is 7.89. The number of rotatable bonds is 6. The fraction of sp³-hybridized carbons (Fsp3) is 0.684. The smallest absolute Gasteiger partial charge is 0.243 e. The molecule has 6 heteroatoms. The summed E-state index contributed by atoms with van der Waals surface area (Å²) < 4.78 is 38.9. The van der Waals surface area contributed by atoms with Gasteiger partial charge in [0.2, 0.25) is 10.0 Å². The Labute approximate surface area is 151 Å². The second kappa shape index (κ2) is 8.16. The Bertz CT molecular complexity index is 641. The fourth-order valence-corrected chi connectivity index (χ4v) is 4.97. The summed E-state index contributed by atoms with van der Waals surface area (Å²) >= 11 is 0. The van der Waals surface area contributed by atoms with Crippen LogP contribution in [0.4, 0.5) is 0 Å². The molecule has 2 aliphatic heterocycles. The molecule has 5 nitrogen and oxygen atoms in total. The number of nitrogens with zero attached hydrogens (tertiary/aromatic N) is 1. The Morgan fingerprint density at radius 3 is 2.28 bits per heavy atom. The van der Waals surface area contributed by atoms with E-state index in [9.17, 15) is 8.42 Å². The molecule has 1 aromatic carbocycles. The lowest BCUT2D eigenvalue weighted by Gasteiger charge is -2.42. The summed E-state index contributed by atoms with van der Waals surface area (Å²) in [4.78, 5) is 0.383. The molecule has 2 fully saturated rings. The van der Waals surface area contributed by atoms with Gasteiger partial charge in [0, 0.05) is 25.9 Å². The molecular formula is C19H29NO4S. The van der Waals surface area contributed by atoms with Crippen molar-refractivity contribution in [3.05, 3.63) is 29.8 Å². The number of piperidine rings is 1. The van der Waals surface area contributed by atoms with Gasteiger partial charge in [0.25, 0.3) is 0 Å². The number of hydrogen-bond acceptors (Lipinski definition) is 4. The van der Waals surface area contributed by atoms with E-state index in [2.05, 4.69) is 6.92 Å². The first kappa shape index (κ1) is 18.8. The van der Waals surface area contributed by atoms with Crippen LogP contribution in [0.2, 0.25) is 0 Å². The lowest BCUT2D eigenvalue weighted by atomic mass is 10.0. The number of hydrogen-bond donors (Lipinski definition) is 0. The second-order valence-corrected chi connectivity index (χ2v) is 8.90. The zero-order valence-corrected chi connectivity index (χ0v) is 15.9. The first-order valence-electron chi connectivity index (χ1n) is 9.43. The van der Waals surface area contributed by atoms with Crippen molar-refractivity contribution in [1.29, 1.82) is 0 Å². The second-order valence-electron chi connectivity index (χ2n) is 6.97. The van der Waals surface area contributed by atoms with Crippen molar-refractivity contribution in [2.24, 2.45) is 0 Å². The number of aryl methyl sites for hydroxylation is 1. The highest BCUT2D eigenvalue weighted by Gasteiger charge is 2.41. The predicted octanol–water partition coefficient (Wildman–Crippen LogP) is 3.34. The van der Waals surface area contributed by atoms with Crippen LogP contribution >= 0.6 is 0 Å². The standard InChI is InChI=1S/C19H29NO4S/c1-2-3-4-6-17-7-9-18(10-8-17)25(21,22)20-13-11-19(12-14-20)23-15-5-16-24-19/h7-10H,2-6,11-16H2,1H3. The van der Waals surface area contributed by atoms with Crippen molar-refractivity contribution in [3.63, 3.8) is 0 Å². The van der Waals surface area contributed by atoms with Crippen molar-refractivity contribution >= 4 is 10.0 Å². The lowest BCUT2D eigenvalue weighted by molar-refractivity contribution is -0.280. The quantitative estimate of drug-likeness (QED) is 0.724. The summed E-state index contributed by atoms with van der Waals surface area (Å²) in [6, 6.07) is 7.38. The molecule has 0 bridgehead atoms. The monoisotopic (exact) mass is 367 g/mol. The maximum atomic E-state index is 12.9. The van der Waals surface area contributed by atoms with E-state index in [-0.39, 0.29) is 0 Å². The first-order valence-corrected chi connectivity index (χ1v) is 10.9. The highest BCUT2D eigenvalue weighted by Crippen LogP contribution is 2.33. The maximum absolute atomic E-state index is 12.9. The van der Waals surface area contributed by atoms with E-state index in [4.69, 9.17) is 9.47 Å². The minimum atomic E-state index is -3.44. The highest BCUT2D eigenvalue weighted by atomic mass is 32.2. The molecule has 0 radical (unpaired) electrons. The van der Waals surface area contributed by atoms with E-state index >= 15 is 0 Å². The fourth-order valence-electron chi connectivity index (χ4n) is 3.53. The average Bonchev–Trinajstić information content (AvgIpc) is 2.63. The van der Waals surface area contributed by atoms with Crippen molar-refractivity contribution in [1.82, 2.24) is 4.31 Å². The molecule has 0 aromatic heterocycles. The summed E-state index contributed by atoms with van der Waals surface area (Å²) in [7, 11) is -3.44. The molecule has 25 heavy (non-hydrogen) atoms. The molecule has 0 atom stereocenters. The van der Waals surface area contributed by atoms with E-state index < -0.39 is 15.8 Å². The van der Waals surface area contributed by atoms with Crippen LogP contribution in [-0.2, 0) is 25.9 Å². The normalized spacial score (nSPS) is 21.5. The van der Waals surface area contributed by atoms with E-state index in [0.717, 1.165) is 19.3 Å². The molecule has 0 unspecified atom stereocenters. The minimum Gasteiger partial charge on any atom is -0.350 e. The SMILES string of the molecule is CCCCCc1ccc(S(=O)(=O)N2CCC3(CC2)OCCCO3)cc1. The zero-order chi connectivity index (χ0) is 17.8. The zero-order valence-electron chi connectivity index (χ0n) is 15.1. The summed E-state index contributed by atoms with van der Waals surface area (Å²) in [5.74, 6) is -0.562. The number of unbranched alkanes of at least 4 members (excludes halogenated alkanes) is 2. The van der Waals surface area contributed by atoms with Gasteiger partial charge < -0.3 is 9.47 Å². The predicted molar refractivity (Wildman–Crippen MR) is 96.9 cm³/mol. The van der Waals surface area contributed by atoms with Crippen molar-refractivity contribution in [3.8, 4) is 0 Å². The molecular weight excluding hydrogens is 338 g/mol. The molecule has 3 rings (SSSR count). The third-order valence-corrected chi connectivity index (χ3v) is 7.05. The number of sulfonamides is 1. The van der Waals surface area contributed by atoms with Gasteiger partial charge in [0.1, 0.15) is 0 Å². The molecule has 2 saturated heterocycles. The van der Waals surface area contributed by atoms with E-state index in [1.54, 1.807) is 16.4 Å². The van der Waals surface area contributed by atoms with Gasteiger partial charge >= 0.3 is 0 Å². The molecule has 0 amide bonds. The van der Waals surface area contributed by atoms with E-state index in [1.165, 1.54) is 18.4 Å². The third-order valence-electron chi connectivity index (χ3n) is 5.13. The van der Waals surface area contributed by atoms with Crippen LogP contribution in [0, 0.1) is 0 Å². The van der Waals surface area contributed by atoms with Gasteiger partial charge in [-0.2, -0.15) is 4.31 Å². The van der Waals surface area contributed by atoms with Gasteiger partial charge in [-0.3, -0.25) is 0 Å². The molecule has 140 valence electrons. The Morgan fingerprint density at radius 1 is 1.04 bits per heavy atom. The van der Waals surface area contributed by atoms with Gasteiger partial charge in [0.15, 0.2) is 5.79 Å². The van der Waals surface area contributed by atoms with Crippen LogP contribution in [0.15, 0.2) is 29.2 Å². The molecule has 0 N–H and O–H groups in total. The van der Waals surface area contributed by atoms with Gasteiger partial charge in [-0.1, -0.05) is 31.9 Å². The van der Waals surface area contributed by atoms with Crippen LogP contribution in [0.5, 0.6) is 0 Å². The van der Waals surface area contributed by atoms with Crippen molar-refractivity contribution < 1.29 is 17.9 Å². The van der Waals surface area contributed by atoms with Gasteiger partial charge in [-0.25, -0.2) is 8.42 Å². The van der Waals surface area contributed by atoms with Crippen LogP contribution in [-0.4, -0.2) is 44.8 Å². The number of ether oxygens (including phenoxy) is 2. The summed E-state index contributed by atoms with van der Waals surface area (Å²) in [6.45, 7) is 4.47. The van der Waals surface area contributed by atoms with Crippen LogP contribution in [0.3, 0.4) is 0 Å². The van der Waals surface area contributed by atoms with Crippen LogP contribution < -0.4 is 0 Å². The van der Waals surface area contributed by atoms with Gasteiger partial charge in [0.05, 0.1) is 18.1 Å². The first-order chi connectivity index (χ1) is 12.1. The Kier molecular flexibility index (Phi) is 6.15. The average molecular weight is 368 g/mol. The third kappa shape index (κ3) is 4.42. The van der Waals surface area contributed by atoms with Gasteiger partial charge in [-0.05, 0) is 37.0 Å². The Hall–Kier alpha value is -0.950. The Morgan fingerprint density at radius 2 is 1.68 bits per heavy atom. The molecule has 1 spiro atoms. The lowest BCUT2D eigenvalue weighted by Crippen LogP contribution is -2.51. The molecule has 2 aliphatic rings. The summed E-state index contributed by atoms with van der Waals surface area (Å²) in [5, 5.41) is 0. The number of benzene rings is 1. The molecule has 1 aromatic rings. The molecule has 0 saturated carbocycles. The maximum Gasteiger partial charge on any atom is 0.243 e. The summed E-state index contributed by atoms with van der Waals surface area (Å²) in [5.41, 5.74) is 1.20. The Balaban J connectivity index is 1.62. The largest absolute Gasteiger partial charge is 0.350 e. The van der Waals surface area contributed by atoms with Gasteiger partial charge in [-0.15, -0.1) is 0 Å². The topological polar surface area (TPSA) is 55.8 Å². The van der Waals surface area contributed by atoms with Crippen LogP contribution in [0.25, 0.3) is 0 Å². The molecule has 2 heterocycles. The van der Waals surface area contributed by atoms with E-state index in [1.807, 2.05) is 12.1 Å². The van der Waals surface area contributed by atoms with E-state index in [0.29, 0.717) is 44.0 Å². The van der Waals surface area contributed by atoms with Crippen molar-refractivity contribution in [2.75, 3.05) is 26.3 Å². The summed E-state index contributed by atoms with van der Waals surface area (Å²) in [6.07, 6.45) is 6.67. The van der Waals surface area contributed by atoms with Crippen molar-refractivity contribution in [2.45, 2.75) is 62.6 Å². The van der Waals surface area contributed by atoms with Crippen LogP contribution in [0.1, 0.15) is 51.0 Å². The minimum absolute atomic E-state index is 0.383. The molecule has 0 aliphatic carbocycles.